The molecule has 0 spiro atoms. The van der Waals surface area contributed by atoms with Crippen LogP contribution in [-0.2, 0) is 0 Å². The molecule has 1 heterocycles. The van der Waals surface area contributed by atoms with E-state index in [9.17, 15) is 5.11 Å². The number of phenolic OH excluding ortho intramolecular Hbond substituents is 1. The highest BCUT2D eigenvalue weighted by Crippen LogP contribution is 2.34. The first-order valence-corrected chi connectivity index (χ1v) is 4.87. The van der Waals surface area contributed by atoms with Crippen molar-refractivity contribution in [1.82, 2.24) is 5.32 Å². The third kappa shape index (κ3) is 2.14. The summed E-state index contributed by atoms with van der Waals surface area (Å²) in [6, 6.07) is 5.77. The topological polar surface area (TPSA) is 32.3 Å². The van der Waals surface area contributed by atoms with E-state index in [2.05, 4.69) is 5.32 Å². The summed E-state index contributed by atoms with van der Waals surface area (Å²) < 4.78 is 0. The molecule has 2 nitrogen and oxygen atoms in total. The lowest BCUT2D eigenvalue weighted by Crippen LogP contribution is -2.12. The first-order valence-electron chi connectivity index (χ1n) is 4.50. The molecule has 0 radical (unpaired) electrons. The highest BCUT2D eigenvalue weighted by molar-refractivity contribution is 6.32. The molecular weight excluding hydrogens is 221 g/mol. The van der Waals surface area contributed by atoms with Crippen LogP contribution in [0.1, 0.15) is 24.4 Å². The van der Waals surface area contributed by atoms with Gasteiger partial charge in [-0.05, 0) is 25.5 Å². The minimum absolute atomic E-state index is 0. The average molecular weight is 234 g/mol. The van der Waals surface area contributed by atoms with Crippen molar-refractivity contribution in [2.75, 3.05) is 6.54 Å². The Balaban J connectivity index is 0.000000980. The van der Waals surface area contributed by atoms with Crippen molar-refractivity contribution in [2.45, 2.75) is 18.9 Å². The predicted molar refractivity (Wildman–Crippen MR) is 60.3 cm³/mol. The molecule has 0 aliphatic carbocycles. The van der Waals surface area contributed by atoms with Crippen LogP contribution < -0.4 is 5.32 Å². The van der Waals surface area contributed by atoms with Crippen LogP contribution in [0.25, 0.3) is 0 Å². The fraction of sp³-hybridized carbons (Fsp3) is 0.400. The van der Waals surface area contributed by atoms with Gasteiger partial charge in [-0.3, -0.25) is 0 Å². The van der Waals surface area contributed by atoms with Gasteiger partial charge in [-0.2, -0.15) is 0 Å². The molecule has 0 amide bonds. The molecular formula is C10H13Cl2NO. The Bertz CT molecular complexity index is 311. The number of hydrogen-bond donors (Lipinski definition) is 2. The minimum Gasteiger partial charge on any atom is -0.506 e. The second-order valence-electron chi connectivity index (χ2n) is 3.33. The Hall–Kier alpha value is -0.440. The van der Waals surface area contributed by atoms with E-state index < -0.39 is 0 Å². The van der Waals surface area contributed by atoms with Gasteiger partial charge in [0.2, 0.25) is 0 Å². The number of rotatable bonds is 1. The zero-order valence-corrected chi connectivity index (χ0v) is 9.24. The minimum atomic E-state index is 0. The molecule has 0 unspecified atom stereocenters. The van der Waals surface area contributed by atoms with Gasteiger partial charge >= 0.3 is 0 Å². The van der Waals surface area contributed by atoms with Gasteiger partial charge in [0.25, 0.3) is 0 Å². The second-order valence-corrected chi connectivity index (χ2v) is 3.73. The van der Waals surface area contributed by atoms with Crippen LogP contribution in [0, 0.1) is 0 Å². The quantitative estimate of drug-likeness (QED) is 0.783. The first kappa shape index (κ1) is 11.6. The molecule has 2 rings (SSSR count). The van der Waals surface area contributed by atoms with Gasteiger partial charge in [0.15, 0.2) is 0 Å². The molecule has 2 N–H and O–H groups in total. The third-order valence-corrected chi connectivity index (χ3v) is 2.76. The Morgan fingerprint density at radius 1 is 1.43 bits per heavy atom. The van der Waals surface area contributed by atoms with Crippen molar-refractivity contribution in [2.24, 2.45) is 0 Å². The lowest BCUT2D eigenvalue weighted by molar-refractivity contribution is 0.457. The normalized spacial score (nSPS) is 20.5. The summed E-state index contributed by atoms with van der Waals surface area (Å²) in [5.74, 6) is 0.226. The lowest BCUT2D eigenvalue weighted by Gasteiger charge is -2.12. The highest BCUT2D eigenvalue weighted by atomic mass is 35.5. The molecule has 0 bridgehead atoms. The maximum absolute atomic E-state index is 9.69. The van der Waals surface area contributed by atoms with Gasteiger partial charge in [0, 0.05) is 11.6 Å². The van der Waals surface area contributed by atoms with Crippen molar-refractivity contribution >= 4 is 24.0 Å². The molecule has 1 saturated heterocycles. The maximum atomic E-state index is 9.69. The molecule has 1 aliphatic rings. The van der Waals surface area contributed by atoms with Crippen molar-refractivity contribution in [3.8, 4) is 5.75 Å². The number of halogens is 2. The maximum Gasteiger partial charge on any atom is 0.138 e. The number of benzene rings is 1. The van der Waals surface area contributed by atoms with E-state index in [1.54, 1.807) is 6.07 Å². The van der Waals surface area contributed by atoms with E-state index in [1.165, 1.54) is 0 Å². The van der Waals surface area contributed by atoms with Gasteiger partial charge in [-0.15, -0.1) is 12.4 Å². The summed E-state index contributed by atoms with van der Waals surface area (Å²) >= 11 is 5.81. The molecule has 4 heteroatoms. The number of nitrogens with one attached hydrogen (secondary N) is 1. The van der Waals surface area contributed by atoms with Crippen molar-refractivity contribution in [3.63, 3.8) is 0 Å². The Morgan fingerprint density at radius 2 is 2.21 bits per heavy atom. The highest BCUT2D eigenvalue weighted by Gasteiger charge is 2.19. The molecule has 14 heavy (non-hydrogen) atoms. The van der Waals surface area contributed by atoms with Gasteiger partial charge in [0.05, 0.1) is 5.02 Å². The summed E-state index contributed by atoms with van der Waals surface area (Å²) in [7, 11) is 0. The van der Waals surface area contributed by atoms with Crippen molar-refractivity contribution < 1.29 is 5.11 Å². The van der Waals surface area contributed by atoms with Gasteiger partial charge in [-0.25, -0.2) is 0 Å². The molecule has 1 aromatic rings. The summed E-state index contributed by atoms with van der Waals surface area (Å²) in [6.45, 7) is 1.02. The van der Waals surface area contributed by atoms with Crippen LogP contribution >= 0.6 is 24.0 Å². The van der Waals surface area contributed by atoms with Crippen LogP contribution in [0.4, 0.5) is 0 Å². The SMILES string of the molecule is Cl.Oc1c(Cl)cccc1[C@@H]1CCCN1. The standard InChI is InChI=1S/C10H12ClNO.ClH/c11-8-4-1-3-7(10(8)13)9-5-2-6-12-9;/h1,3-4,9,12-13H,2,5-6H2;1H/t9-;/m0./s1. The average Bonchev–Trinajstić information content (AvgIpc) is 2.62. The van der Waals surface area contributed by atoms with E-state index in [0.717, 1.165) is 24.9 Å². The second kappa shape index (κ2) is 4.87. The molecule has 1 fully saturated rings. The zero-order chi connectivity index (χ0) is 9.26. The van der Waals surface area contributed by atoms with Crippen molar-refractivity contribution in [3.05, 3.63) is 28.8 Å². The van der Waals surface area contributed by atoms with Crippen LogP contribution in [0.3, 0.4) is 0 Å². The van der Waals surface area contributed by atoms with Gasteiger partial charge in [-0.1, -0.05) is 23.7 Å². The molecule has 0 aromatic heterocycles. The predicted octanol–water partition coefficient (Wildman–Crippen LogP) is 2.89. The summed E-state index contributed by atoms with van der Waals surface area (Å²) in [6.07, 6.45) is 2.24. The summed E-state index contributed by atoms with van der Waals surface area (Å²) in [4.78, 5) is 0. The fourth-order valence-corrected chi connectivity index (χ4v) is 1.95. The number of hydrogen-bond acceptors (Lipinski definition) is 2. The Kier molecular flexibility index (Phi) is 4.05. The van der Waals surface area contributed by atoms with E-state index in [0.29, 0.717) is 5.02 Å². The van der Waals surface area contributed by atoms with E-state index in [-0.39, 0.29) is 24.2 Å². The molecule has 1 atom stereocenters. The van der Waals surface area contributed by atoms with Crippen LogP contribution in [0.5, 0.6) is 5.75 Å². The molecule has 1 aromatic carbocycles. The molecule has 78 valence electrons. The number of para-hydroxylation sites is 1. The van der Waals surface area contributed by atoms with Crippen LogP contribution in [0.2, 0.25) is 5.02 Å². The Morgan fingerprint density at radius 3 is 2.86 bits per heavy atom. The van der Waals surface area contributed by atoms with Gasteiger partial charge < -0.3 is 10.4 Å². The zero-order valence-electron chi connectivity index (χ0n) is 7.66. The summed E-state index contributed by atoms with van der Waals surface area (Å²) in [5, 5.41) is 13.4. The largest absolute Gasteiger partial charge is 0.506 e. The summed E-state index contributed by atoms with van der Waals surface area (Å²) in [5.41, 5.74) is 0.921. The van der Waals surface area contributed by atoms with Crippen molar-refractivity contribution in [1.29, 1.82) is 0 Å². The molecule has 0 saturated carbocycles. The van der Waals surface area contributed by atoms with E-state index in [1.807, 2.05) is 12.1 Å². The van der Waals surface area contributed by atoms with E-state index >= 15 is 0 Å². The smallest absolute Gasteiger partial charge is 0.138 e. The third-order valence-electron chi connectivity index (χ3n) is 2.45. The number of phenols is 1. The lowest BCUT2D eigenvalue weighted by atomic mass is 10.0. The fourth-order valence-electron chi connectivity index (χ4n) is 1.76. The Labute approximate surface area is 94.7 Å². The van der Waals surface area contributed by atoms with Crippen LogP contribution in [-0.4, -0.2) is 11.7 Å². The monoisotopic (exact) mass is 233 g/mol. The van der Waals surface area contributed by atoms with E-state index in [4.69, 9.17) is 11.6 Å². The van der Waals surface area contributed by atoms with Crippen LogP contribution in [0.15, 0.2) is 18.2 Å². The van der Waals surface area contributed by atoms with Gasteiger partial charge in [0.1, 0.15) is 5.75 Å². The number of aromatic hydroxyl groups is 1. The molecule has 1 aliphatic heterocycles. The first-order chi connectivity index (χ1) is 6.29.